The third kappa shape index (κ3) is 3.70. The van der Waals surface area contributed by atoms with Gasteiger partial charge < -0.3 is 5.32 Å². The maximum atomic E-state index is 12.3. The van der Waals surface area contributed by atoms with Crippen LogP contribution in [-0.4, -0.2) is 26.9 Å². The van der Waals surface area contributed by atoms with Gasteiger partial charge in [-0.1, -0.05) is 19.3 Å². The first-order valence-electron chi connectivity index (χ1n) is 6.90. The van der Waals surface area contributed by atoms with Crippen LogP contribution in [0, 0.1) is 16.0 Å². The van der Waals surface area contributed by atoms with E-state index in [2.05, 4.69) is 10.0 Å². The van der Waals surface area contributed by atoms with Crippen LogP contribution in [0.4, 0.5) is 11.4 Å². The van der Waals surface area contributed by atoms with E-state index < -0.39 is 20.6 Å². The van der Waals surface area contributed by atoms with Crippen LogP contribution >= 0.6 is 0 Å². The number of nitro groups is 1. The van der Waals surface area contributed by atoms with Gasteiger partial charge in [-0.05, 0) is 24.5 Å². The molecular formula is C13H19N3O4S. The molecule has 7 nitrogen and oxygen atoms in total. The normalized spacial score (nSPS) is 15.5. The van der Waals surface area contributed by atoms with Gasteiger partial charge >= 0.3 is 0 Å². The summed E-state index contributed by atoms with van der Waals surface area (Å²) in [4.78, 5) is 10.0. The summed E-state index contributed by atoms with van der Waals surface area (Å²) >= 11 is 0. The molecule has 116 valence electrons. The van der Waals surface area contributed by atoms with Gasteiger partial charge in [-0.25, -0.2) is 13.1 Å². The zero-order valence-corrected chi connectivity index (χ0v) is 12.6. The molecule has 21 heavy (non-hydrogen) atoms. The zero-order chi connectivity index (χ0) is 15.5. The highest BCUT2D eigenvalue weighted by atomic mass is 32.2. The number of benzene rings is 1. The molecule has 1 aromatic rings. The number of anilines is 1. The molecule has 0 radical (unpaired) electrons. The molecule has 0 saturated heterocycles. The van der Waals surface area contributed by atoms with Gasteiger partial charge in [-0.3, -0.25) is 10.1 Å². The van der Waals surface area contributed by atoms with Crippen molar-refractivity contribution < 1.29 is 13.3 Å². The van der Waals surface area contributed by atoms with Crippen molar-refractivity contribution in [1.82, 2.24) is 4.72 Å². The minimum Gasteiger partial charge on any atom is -0.388 e. The predicted octanol–water partition coefficient (Wildman–Crippen LogP) is 2.10. The number of nitro benzene ring substituents is 1. The molecule has 0 amide bonds. The van der Waals surface area contributed by atoms with Crippen LogP contribution in [0.1, 0.15) is 25.7 Å². The van der Waals surface area contributed by atoms with Gasteiger partial charge in [0.15, 0.2) is 4.90 Å². The molecule has 2 N–H and O–H groups in total. The molecule has 1 aliphatic carbocycles. The fourth-order valence-corrected chi connectivity index (χ4v) is 3.53. The molecule has 1 fully saturated rings. The summed E-state index contributed by atoms with van der Waals surface area (Å²) in [5.74, 6) is 0.575. The topological polar surface area (TPSA) is 101 Å². The number of nitrogens with zero attached hydrogens (tertiary/aromatic N) is 1. The van der Waals surface area contributed by atoms with Gasteiger partial charge in [0.05, 0.1) is 4.92 Å². The maximum absolute atomic E-state index is 12.3. The van der Waals surface area contributed by atoms with E-state index in [9.17, 15) is 18.5 Å². The summed E-state index contributed by atoms with van der Waals surface area (Å²) in [6, 6.07) is 3.96. The third-order valence-electron chi connectivity index (χ3n) is 3.80. The van der Waals surface area contributed by atoms with E-state index in [0.717, 1.165) is 19.3 Å². The standard InChI is InChI=1S/C13H19N3O4S/c1-14-11-5-6-12(16(17)18)13(9-11)21(19,20)15-8-7-10-3-2-4-10/h5-6,9-10,14-15H,2-4,7-8H2,1H3. The van der Waals surface area contributed by atoms with E-state index in [1.54, 1.807) is 7.05 Å². The van der Waals surface area contributed by atoms with Crippen LogP contribution in [0.2, 0.25) is 0 Å². The molecule has 8 heteroatoms. The first kappa shape index (κ1) is 15.7. The molecule has 0 bridgehead atoms. The summed E-state index contributed by atoms with van der Waals surface area (Å²) in [6.07, 6.45) is 4.25. The SMILES string of the molecule is CNc1ccc([N+](=O)[O-])c(S(=O)(=O)NCCC2CCC2)c1. The van der Waals surface area contributed by atoms with Gasteiger partial charge in [0.1, 0.15) is 0 Å². The van der Waals surface area contributed by atoms with Crippen molar-refractivity contribution in [1.29, 1.82) is 0 Å². The van der Waals surface area contributed by atoms with Crippen molar-refractivity contribution in [3.05, 3.63) is 28.3 Å². The number of hydrogen-bond donors (Lipinski definition) is 2. The minimum atomic E-state index is -3.88. The summed E-state index contributed by atoms with van der Waals surface area (Å²) in [5.41, 5.74) is 0.102. The van der Waals surface area contributed by atoms with Crippen molar-refractivity contribution in [3.63, 3.8) is 0 Å². The lowest BCUT2D eigenvalue weighted by Crippen LogP contribution is -2.28. The number of nitrogens with one attached hydrogen (secondary N) is 2. The minimum absolute atomic E-state index is 0.298. The average Bonchev–Trinajstić information content (AvgIpc) is 2.40. The van der Waals surface area contributed by atoms with Crippen LogP contribution < -0.4 is 10.0 Å². The van der Waals surface area contributed by atoms with Crippen LogP contribution in [0.5, 0.6) is 0 Å². The first-order chi connectivity index (χ1) is 9.94. The Morgan fingerprint density at radius 1 is 1.38 bits per heavy atom. The molecular weight excluding hydrogens is 294 g/mol. The summed E-state index contributed by atoms with van der Waals surface area (Å²) in [6.45, 7) is 0.313. The summed E-state index contributed by atoms with van der Waals surface area (Å²) in [7, 11) is -2.25. The Hall–Kier alpha value is -1.67. The number of hydrogen-bond acceptors (Lipinski definition) is 5. The number of sulfonamides is 1. The molecule has 1 saturated carbocycles. The molecule has 0 spiro atoms. The van der Waals surface area contributed by atoms with E-state index in [1.807, 2.05) is 0 Å². The molecule has 0 unspecified atom stereocenters. The Morgan fingerprint density at radius 3 is 2.62 bits per heavy atom. The molecule has 1 aromatic carbocycles. The molecule has 0 atom stereocenters. The second-order valence-corrected chi connectivity index (χ2v) is 6.91. The van der Waals surface area contributed by atoms with E-state index in [4.69, 9.17) is 0 Å². The lowest BCUT2D eigenvalue weighted by molar-refractivity contribution is -0.387. The summed E-state index contributed by atoms with van der Waals surface area (Å²) in [5, 5.41) is 13.8. The highest BCUT2D eigenvalue weighted by Crippen LogP contribution is 2.30. The highest BCUT2D eigenvalue weighted by molar-refractivity contribution is 7.89. The monoisotopic (exact) mass is 313 g/mol. The van der Waals surface area contributed by atoms with E-state index in [0.29, 0.717) is 18.2 Å². The van der Waals surface area contributed by atoms with Crippen molar-refractivity contribution in [3.8, 4) is 0 Å². The van der Waals surface area contributed by atoms with Gasteiger partial charge in [0, 0.05) is 25.3 Å². The fourth-order valence-electron chi connectivity index (χ4n) is 2.29. The Morgan fingerprint density at radius 2 is 2.10 bits per heavy atom. The molecule has 0 heterocycles. The van der Waals surface area contributed by atoms with Crippen LogP contribution in [-0.2, 0) is 10.0 Å². The number of rotatable bonds is 7. The molecule has 0 aromatic heterocycles. The van der Waals surface area contributed by atoms with Crippen molar-refractivity contribution in [2.45, 2.75) is 30.6 Å². The predicted molar refractivity (Wildman–Crippen MR) is 79.8 cm³/mol. The second-order valence-electron chi connectivity index (χ2n) is 5.17. The molecule has 0 aliphatic heterocycles. The van der Waals surface area contributed by atoms with Gasteiger partial charge in [-0.2, -0.15) is 0 Å². The van der Waals surface area contributed by atoms with Crippen molar-refractivity contribution in [2.75, 3.05) is 18.9 Å². The second kappa shape index (κ2) is 6.40. The Balaban J connectivity index is 2.18. The van der Waals surface area contributed by atoms with Crippen molar-refractivity contribution in [2.24, 2.45) is 5.92 Å². The average molecular weight is 313 g/mol. The van der Waals surface area contributed by atoms with E-state index in [1.165, 1.54) is 24.6 Å². The largest absolute Gasteiger partial charge is 0.388 e. The lowest BCUT2D eigenvalue weighted by Gasteiger charge is -2.25. The lowest BCUT2D eigenvalue weighted by atomic mass is 9.83. The van der Waals surface area contributed by atoms with Crippen LogP contribution in [0.15, 0.2) is 23.1 Å². The summed E-state index contributed by atoms with van der Waals surface area (Å²) < 4.78 is 27.0. The highest BCUT2D eigenvalue weighted by Gasteiger charge is 2.26. The van der Waals surface area contributed by atoms with Gasteiger partial charge in [0.25, 0.3) is 5.69 Å². The van der Waals surface area contributed by atoms with E-state index in [-0.39, 0.29) is 4.90 Å². The van der Waals surface area contributed by atoms with Gasteiger partial charge in [0.2, 0.25) is 10.0 Å². The maximum Gasteiger partial charge on any atom is 0.289 e. The smallest absolute Gasteiger partial charge is 0.289 e. The van der Waals surface area contributed by atoms with Crippen LogP contribution in [0.3, 0.4) is 0 Å². The van der Waals surface area contributed by atoms with Gasteiger partial charge in [-0.15, -0.1) is 0 Å². The Kier molecular flexibility index (Phi) is 4.79. The third-order valence-corrected chi connectivity index (χ3v) is 5.29. The Labute approximate surface area is 123 Å². The molecule has 2 rings (SSSR count). The molecule has 1 aliphatic rings. The van der Waals surface area contributed by atoms with Crippen LogP contribution in [0.25, 0.3) is 0 Å². The quantitative estimate of drug-likeness (QED) is 0.593. The first-order valence-corrected chi connectivity index (χ1v) is 8.38. The fraction of sp³-hybridized carbons (Fsp3) is 0.538. The van der Waals surface area contributed by atoms with Crippen molar-refractivity contribution >= 4 is 21.4 Å². The van der Waals surface area contributed by atoms with E-state index >= 15 is 0 Å². The zero-order valence-electron chi connectivity index (χ0n) is 11.8. The Bertz CT molecular complexity index is 626.